The van der Waals surface area contributed by atoms with Crippen LogP contribution in [0.1, 0.15) is 32.3 Å². The second-order valence-corrected chi connectivity index (χ2v) is 6.52. The molecule has 0 spiro atoms. The largest absolute Gasteiger partial charge is 0.489 e. The van der Waals surface area contributed by atoms with Gasteiger partial charge in [-0.05, 0) is 37.0 Å². The third-order valence-electron chi connectivity index (χ3n) is 4.06. The zero-order valence-corrected chi connectivity index (χ0v) is 17.2. The van der Waals surface area contributed by atoms with Gasteiger partial charge in [0.1, 0.15) is 0 Å². The molecule has 0 radical (unpaired) electrons. The van der Waals surface area contributed by atoms with Crippen molar-refractivity contribution in [1.29, 1.82) is 0 Å². The van der Waals surface area contributed by atoms with E-state index in [1.54, 1.807) is 0 Å². The van der Waals surface area contributed by atoms with E-state index in [-0.39, 0.29) is 24.0 Å². The Bertz CT molecular complexity index is 597. The Hall–Kier alpha value is -0.890. The zero-order chi connectivity index (χ0) is 16.2. The van der Waals surface area contributed by atoms with Crippen LogP contribution in [0, 0.1) is 5.92 Å². The van der Waals surface area contributed by atoms with Crippen LogP contribution in [0.3, 0.4) is 0 Å². The van der Waals surface area contributed by atoms with E-state index in [4.69, 9.17) is 21.1 Å². The minimum atomic E-state index is 0. The summed E-state index contributed by atoms with van der Waals surface area (Å²) in [6, 6.07) is 4.42. The summed E-state index contributed by atoms with van der Waals surface area (Å²) < 4.78 is 11.4. The highest BCUT2D eigenvalue weighted by atomic mass is 127. The van der Waals surface area contributed by atoms with Crippen molar-refractivity contribution in [2.45, 2.75) is 39.3 Å². The summed E-state index contributed by atoms with van der Waals surface area (Å²) in [5.74, 6) is 2.94. The Morgan fingerprint density at radius 3 is 2.79 bits per heavy atom. The van der Waals surface area contributed by atoms with Crippen molar-refractivity contribution in [3.63, 3.8) is 0 Å². The summed E-state index contributed by atoms with van der Waals surface area (Å²) in [5.41, 5.74) is 1.01. The molecule has 2 unspecified atom stereocenters. The molecule has 134 valence electrons. The Labute approximate surface area is 165 Å². The topological polar surface area (TPSA) is 54.9 Å². The summed E-state index contributed by atoms with van der Waals surface area (Å²) >= 11 is 6.33. The van der Waals surface area contributed by atoms with Crippen LogP contribution >= 0.6 is 35.6 Å². The molecule has 0 aromatic heterocycles. The van der Waals surface area contributed by atoms with Gasteiger partial charge in [-0.25, -0.2) is 4.99 Å². The van der Waals surface area contributed by atoms with Gasteiger partial charge in [-0.2, -0.15) is 0 Å². The third-order valence-corrected chi connectivity index (χ3v) is 4.34. The number of rotatable bonds is 4. The molecule has 2 N–H and O–H groups in total. The molecule has 1 aliphatic heterocycles. The lowest BCUT2D eigenvalue weighted by Crippen LogP contribution is -2.39. The first-order valence-corrected chi connectivity index (χ1v) is 8.68. The van der Waals surface area contributed by atoms with Gasteiger partial charge < -0.3 is 20.1 Å². The molecule has 1 aromatic rings. The maximum atomic E-state index is 6.33. The Morgan fingerprint density at radius 1 is 1.33 bits per heavy atom. The molecule has 2 aliphatic rings. The van der Waals surface area contributed by atoms with Gasteiger partial charge in [-0.1, -0.05) is 18.5 Å². The molecular formula is C17H25ClIN3O2. The molecule has 1 heterocycles. The number of ether oxygens (including phenoxy) is 2. The predicted molar refractivity (Wildman–Crippen MR) is 108 cm³/mol. The standard InChI is InChI=1S/C17H24ClN3O2.HI/c1-3-19-17(21-14-7-11(14)2)20-10-12-8-13(18)16-15(9-12)22-5-4-6-23-16;/h8-9,11,14H,3-7,10H2,1-2H3,(H2,19,20,21);1H. The van der Waals surface area contributed by atoms with Gasteiger partial charge in [0.2, 0.25) is 0 Å². The summed E-state index contributed by atoms with van der Waals surface area (Å²) in [6.07, 6.45) is 2.08. The number of nitrogens with zero attached hydrogens (tertiary/aromatic N) is 1. The van der Waals surface area contributed by atoms with Crippen molar-refractivity contribution in [3.8, 4) is 11.5 Å². The SMILES string of the molecule is CCNC(=NCc1cc(Cl)c2c(c1)OCCCO2)NC1CC1C.I. The highest BCUT2D eigenvalue weighted by Gasteiger charge is 2.33. The van der Waals surface area contributed by atoms with Gasteiger partial charge in [-0.3, -0.25) is 0 Å². The molecule has 5 nitrogen and oxygen atoms in total. The number of hydrogen-bond donors (Lipinski definition) is 2. The number of fused-ring (bicyclic) bond motifs is 1. The fraction of sp³-hybridized carbons (Fsp3) is 0.588. The smallest absolute Gasteiger partial charge is 0.191 e. The molecule has 7 heteroatoms. The van der Waals surface area contributed by atoms with E-state index < -0.39 is 0 Å². The van der Waals surface area contributed by atoms with Crippen LogP contribution in [-0.4, -0.2) is 31.8 Å². The van der Waals surface area contributed by atoms with Crippen LogP contribution in [0.15, 0.2) is 17.1 Å². The van der Waals surface area contributed by atoms with Gasteiger partial charge in [0.25, 0.3) is 0 Å². The molecule has 0 bridgehead atoms. The molecule has 0 saturated heterocycles. The Kier molecular flexibility index (Phi) is 7.28. The highest BCUT2D eigenvalue weighted by Crippen LogP contribution is 2.38. The number of halogens is 2. The fourth-order valence-electron chi connectivity index (χ4n) is 2.56. The molecule has 24 heavy (non-hydrogen) atoms. The Morgan fingerprint density at radius 2 is 2.08 bits per heavy atom. The number of aliphatic imine (C=N–C) groups is 1. The maximum Gasteiger partial charge on any atom is 0.191 e. The zero-order valence-electron chi connectivity index (χ0n) is 14.1. The van der Waals surface area contributed by atoms with Gasteiger partial charge >= 0.3 is 0 Å². The minimum absolute atomic E-state index is 0. The van der Waals surface area contributed by atoms with Crippen LogP contribution in [-0.2, 0) is 6.54 Å². The minimum Gasteiger partial charge on any atom is -0.489 e. The van der Waals surface area contributed by atoms with Crippen LogP contribution in [0.5, 0.6) is 11.5 Å². The fourth-order valence-corrected chi connectivity index (χ4v) is 2.85. The van der Waals surface area contributed by atoms with Gasteiger partial charge in [0, 0.05) is 19.0 Å². The predicted octanol–water partition coefficient (Wildman–Crippen LogP) is 3.58. The average molecular weight is 466 g/mol. The first-order valence-electron chi connectivity index (χ1n) is 8.30. The first kappa shape index (κ1) is 19.4. The molecular weight excluding hydrogens is 441 g/mol. The lowest BCUT2D eigenvalue weighted by molar-refractivity contribution is 0.297. The van der Waals surface area contributed by atoms with Crippen molar-refractivity contribution in [3.05, 3.63) is 22.7 Å². The summed E-state index contributed by atoms with van der Waals surface area (Å²) in [6.45, 7) is 6.99. The van der Waals surface area contributed by atoms with E-state index >= 15 is 0 Å². The number of nitrogens with one attached hydrogen (secondary N) is 2. The van der Waals surface area contributed by atoms with Crippen molar-refractivity contribution in [2.24, 2.45) is 10.9 Å². The number of benzene rings is 1. The molecule has 1 saturated carbocycles. The maximum absolute atomic E-state index is 6.33. The molecule has 2 atom stereocenters. The Balaban J connectivity index is 0.00000208. The second-order valence-electron chi connectivity index (χ2n) is 6.11. The normalized spacial score (nSPS) is 22.2. The van der Waals surface area contributed by atoms with E-state index in [2.05, 4.69) is 29.5 Å². The van der Waals surface area contributed by atoms with Crippen molar-refractivity contribution in [2.75, 3.05) is 19.8 Å². The van der Waals surface area contributed by atoms with Crippen LogP contribution < -0.4 is 20.1 Å². The van der Waals surface area contributed by atoms with Crippen molar-refractivity contribution < 1.29 is 9.47 Å². The number of guanidine groups is 1. The van der Waals surface area contributed by atoms with Gasteiger partial charge in [0.15, 0.2) is 17.5 Å². The van der Waals surface area contributed by atoms with E-state index in [1.165, 1.54) is 6.42 Å². The average Bonchev–Trinajstić information content (AvgIpc) is 3.26. The van der Waals surface area contributed by atoms with Crippen molar-refractivity contribution >= 4 is 41.5 Å². The third kappa shape index (κ3) is 5.05. The quantitative estimate of drug-likeness (QED) is 0.405. The van der Waals surface area contributed by atoms with Crippen LogP contribution in [0.4, 0.5) is 0 Å². The van der Waals surface area contributed by atoms with E-state index in [0.717, 1.165) is 30.4 Å². The molecule has 0 amide bonds. The van der Waals surface area contributed by atoms with Crippen LogP contribution in [0.25, 0.3) is 0 Å². The van der Waals surface area contributed by atoms with E-state index in [9.17, 15) is 0 Å². The lowest BCUT2D eigenvalue weighted by Gasteiger charge is -2.12. The molecule has 1 aliphatic carbocycles. The summed E-state index contributed by atoms with van der Waals surface area (Å²) in [4.78, 5) is 4.65. The van der Waals surface area contributed by atoms with Gasteiger partial charge in [0.05, 0.1) is 24.8 Å². The van der Waals surface area contributed by atoms with Crippen molar-refractivity contribution in [1.82, 2.24) is 10.6 Å². The summed E-state index contributed by atoms with van der Waals surface area (Å²) in [5, 5.41) is 7.32. The first-order chi connectivity index (χ1) is 11.2. The monoisotopic (exact) mass is 465 g/mol. The molecule has 1 aromatic carbocycles. The summed E-state index contributed by atoms with van der Waals surface area (Å²) in [7, 11) is 0. The highest BCUT2D eigenvalue weighted by molar-refractivity contribution is 14.0. The van der Waals surface area contributed by atoms with Gasteiger partial charge in [-0.15, -0.1) is 24.0 Å². The van der Waals surface area contributed by atoms with E-state index in [0.29, 0.717) is 42.3 Å². The number of hydrogen-bond acceptors (Lipinski definition) is 3. The molecule has 1 fully saturated rings. The molecule has 3 rings (SSSR count). The lowest BCUT2D eigenvalue weighted by atomic mass is 10.2. The van der Waals surface area contributed by atoms with Crippen LogP contribution in [0.2, 0.25) is 5.02 Å². The second kappa shape index (κ2) is 8.99. The van der Waals surface area contributed by atoms with E-state index in [1.807, 2.05) is 12.1 Å².